The number of rotatable bonds is 3. The van der Waals surface area contributed by atoms with Crippen molar-refractivity contribution in [3.8, 4) is 0 Å². The lowest BCUT2D eigenvalue weighted by Gasteiger charge is -2.07. The molecule has 17 heavy (non-hydrogen) atoms. The number of hydrogen-bond donors (Lipinski definition) is 3. The standard InChI is InChI=1S/C11H16N4O2/c1-12-11(17)8-6-9(15-14-8)13-10(16)7-4-2-3-5-7/h6-7H,2-5H2,1H3,(H,12,17)(H2,13,14,15,16). The van der Waals surface area contributed by atoms with Crippen LogP contribution in [0.5, 0.6) is 0 Å². The number of carbonyl (C=O) groups is 2. The van der Waals surface area contributed by atoms with E-state index in [9.17, 15) is 9.59 Å². The zero-order chi connectivity index (χ0) is 12.3. The molecule has 1 aromatic rings. The fraction of sp³-hybridized carbons (Fsp3) is 0.545. The van der Waals surface area contributed by atoms with E-state index in [1.165, 1.54) is 6.07 Å². The third-order valence-electron chi connectivity index (χ3n) is 3.03. The van der Waals surface area contributed by atoms with Crippen molar-refractivity contribution in [3.05, 3.63) is 11.8 Å². The van der Waals surface area contributed by atoms with Gasteiger partial charge in [-0.1, -0.05) is 12.8 Å². The molecule has 2 rings (SSSR count). The van der Waals surface area contributed by atoms with Gasteiger partial charge in [-0.2, -0.15) is 5.10 Å². The van der Waals surface area contributed by atoms with Crippen molar-refractivity contribution in [3.63, 3.8) is 0 Å². The van der Waals surface area contributed by atoms with E-state index >= 15 is 0 Å². The first-order valence-corrected chi connectivity index (χ1v) is 5.79. The summed E-state index contributed by atoms with van der Waals surface area (Å²) in [5.41, 5.74) is 0.342. The van der Waals surface area contributed by atoms with Gasteiger partial charge in [0.25, 0.3) is 5.91 Å². The molecule has 0 bridgehead atoms. The fourth-order valence-electron chi connectivity index (χ4n) is 2.05. The molecule has 1 saturated carbocycles. The average Bonchev–Trinajstić information content (AvgIpc) is 2.98. The first kappa shape index (κ1) is 11.6. The van der Waals surface area contributed by atoms with E-state index in [2.05, 4.69) is 20.8 Å². The highest BCUT2D eigenvalue weighted by atomic mass is 16.2. The number of anilines is 1. The summed E-state index contributed by atoms with van der Waals surface area (Å²) in [5, 5.41) is 11.7. The molecule has 0 unspecified atom stereocenters. The molecule has 1 aliphatic rings. The van der Waals surface area contributed by atoms with Gasteiger partial charge in [0.2, 0.25) is 5.91 Å². The molecular weight excluding hydrogens is 220 g/mol. The van der Waals surface area contributed by atoms with E-state index in [-0.39, 0.29) is 17.7 Å². The maximum Gasteiger partial charge on any atom is 0.269 e. The summed E-state index contributed by atoms with van der Waals surface area (Å²) < 4.78 is 0. The number of aromatic amines is 1. The Hall–Kier alpha value is -1.85. The predicted molar refractivity (Wildman–Crippen MR) is 62.6 cm³/mol. The van der Waals surface area contributed by atoms with Gasteiger partial charge in [0.1, 0.15) is 5.69 Å². The molecule has 0 radical (unpaired) electrons. The van der Waals surface area contributed by atoms with Gasteiger partial charge in [-0.05, 0) is 12.8 Å². The van der Waals surface area contributed by atoms with Crippen LogP contribution < -0.4 is 10.6 Å². The lowest BCUT2D eigenvalue weighted by atomic mass is 10.1. The minimum Gasteiger partial charge on any atom is -0.354 e. The van der Waals surface area contributed by atoms with Crippen molar-refractivity contribution in [1.82, 2.24) is 15.5 Å². The molecule has 0 saturated heterocycles. The maximum absolute atomic E-state index is 11.8. The molecule has 2 amide bonds. The smallest absolute Gasteiger partial charge is 0.269 e. The molecule has 1 aliphatic carbocycles. The molecule has 1 heterocycles. The Labute approximate surface area is 99.2 Å². The Morgan fingerprint density at radius 2 is 2.12 bits per heavy atom. The van der Waals surface area contributed by atoms with Crippen LogP contribution in [-0.2, 0) is 4.79 Å². The van der Waals surface area contributed by atoms with Crippen LogP contribution in [-0.4, -0.2) is 29.1 Å². The molecule has 6 heteroatoms. The molecule has 0 atom stereocenters. The first-order chi connectivity index (χ1) is 8.20. The third kappa shape index (κ3) is 2.64. The highest BCUT2D eigenvalue weighted by molar-refractivity contribution is 5.95. The summed E-state index contributed by atoms with van der Waals surface area (Å²) in [5.74, 6) is 0.243. The van der Waals surface area contributed by atoms with Gasteiger partial charge in [-0.25, -0.2) is 0 Å². The first-order valence-electron chi connectivity index (χ1n) is 5.79. The Bertz CT molecular complexity index is 421. The Morgan fingerprint density at radius 3 is 2.76 bits per heavy atom. The summed E-state index contributed by atoms with van der Waals surface area (Å²) in [4.78, 5) is 23.1. The van der Waals surface area contributed by atoms with E-state index in [4.69, 9.17) is 0 Å². The van der Waals surface area contributed by atoms with Crippen LogP contribution in [0.1, 0.15) is 36.2 Å². The van der Waals surface area contributed by atoms with Crippen LogP contribution in [0.15, 0.2) is 6.07 Å². The SMILES string of the molecule is CNC(=O)c1cc(NC(=O)C2CCCC2)n[nH]1. The number of carbonyl (C=O) groups excluding carboxylic acids is 2. The highest BCUT2D eigenvalue weighted by Gasteiger charge is 2.23. The quantitative estimate of drug-likeness (QED) is 0.728. The van der Waals surface area contributed by atoms with Gasteiger partial charge in [0.15, 0.2) is 5.82 Å². The summed E-state index contributed by atoms with van der Waals surface area (Å²) >= 11 is 0. The molecule has 92 valence electrons. The van der Waals surface area contributed by atoms with Gasteiger partial charge in [-0.15, -0.1) is 0 Å². The van der Waals surface area contributed by atoms with Gasteiger partial charge in [-0.3, -0.25) is 14.7 Å². The third-order valence-corrected chi connectivity index (χ3v) is 3.03. The summed E-state index contributed by atoms with van der Waals surface area (Å²) in [6, 6.07) is 1.53. The van der Waals surface area contributed by atoms with E-state index in [0.717, 1.165) is 25.7 Å². The van der Waals surface area contributed by atoms with Crippen LogP contribution in [0.4, 0.5) is 5.82 Å². The Morgan fingerprint density at radius 1 is 1.41 bits per heavy atom. The van der Waals surface area contributed by atoms with Crippen LogP contribution in [0.2, 0.25) is 0 Å². The second-order valence-corrected chi connectivity index (χ2v) is 4.22. The monoisotopic (exact) mass is 236 g/mol. The highest BCUT2D eigenvalue weighted by Crippen LogP contribution is 2.25. The number of nitrogens with zero attached hydrogens (tertiary/aromatic N) is 1. The normalized spacial score (nSPS) is 15.8. The van der Waals surface area contributed by atoms with Crippen molar-refractivity contribution < 1.29 is 9.59 Å². The molecule has 0 spiro atoms. The molecule has 3 N–H and O–H groups in total. The second kappa shape index (κ2) is 4.99. The summed E-state index contributed by atoms with van der Waals surface area (Å²) in [7, 11) is 1.54. The van der Waals surface area contributed by atoms with Crippen LogP contribution in [0.3, 0.4) is 0 Å². The van der Waals surface area contributed by atoms with Crippen molar-refractivity contribution in [2.24, 2.45) is 5.92 Å². The largest absolute Gasteiger partial charge is 0.354 e. The summed E-state index contributed by atoms with van der Waals surface area (Å²) in [6.07, 6.45) is 4.11. The lowest BCUT2D eigenvalue weighted by molar-refractivity contribution is -0.119. The van der Waals surface area contributed by atoms with E-state index in [0.29, 0.717) is 11.5 Å². The molecule has 0 aromatic carbocycles. The van der Waals surface area contributed by atoms with Crippen LogP contribution in [0.25, 0.3) is 0 Å². The van der Waals surface area contributed by atoms with E-state index < -0.39 is 0 Å². The maximum atomic E-state index is 11.8. The molecule has 1 fully saturated rings. The fourth-order valence-corrected chi connectivity index (χ4v) is 2.05. The molecular formula is C11H16N4O2. The molecule has 0 aliphatic heterocycles. The Kier molecular flexibility index (Phi) is 3.41. The minimum absolute atomic E-state index is 0.00235. The zero-order valence-electron chi connectivity index (χ0n) is 9.75. The average molecular weight is 236 g/mol. The zero-order valence-corrected chi connectivity index (χ0v) is 9.75. The van der Waals surface area contributed by atoms with Crippen molar-refractivity contribution in [1.29, 1.82) is 0 Å². The van der Waals surface area contributed by atoms with Gasteiger partial charge < -0.3 is 10.6 Å². The van der Waals surface area contributed by atoms with Crippen LogP contribution in [0, 0.1) is 5.92 Å². The van der Waals surface area contributed by atoms with Gasteiger partial charge >= 0.3 is 0 Å². The lowest BCUT2D eigenvalue weighted by Crippen LogP contribution is -2.20. The van der Waals surface area contributed by atoms with Crippen molar-refractivity contribution in [2.75, 3.05) is 12.4 Å². The summed E-state index contributed by atoms with van der Waals surface area (Å²) in [6.45, 7) is 0. The number of nitrogens with one attached hydrogen (secondary N) is 3. The second-order valence-electron chi connectivity index (χ2n) is 4.22. The Balaban J connectivity index is 1.96. The number of amides is 2. The van der Waals surface area contributed by atoms with Gasteiger partial charge in [0.05, 0.1) is 0 Å². The van der Waals surface area contributed by atoms with Crippen molar-refractivity contribution >= 4 is 17.6 Å². The molecule has 1 aromatic heterocycles. The number of H-pyrrole nitrogens is 1. The van der Waals surface area contributed by atoms with E-state index in [1.807, 2.05) is 0 Å². The molecule has 6 nitrogen and oxygen atoms in total. The minimum atomic E-state index is -0.251. The predicted octanol–water partition coefficient (Wildman–Crippen LogP) is 0.898. The van der Waals surface area contributed by atoms with Crippen molar-refractivity contribution in [2.45, 2.75) is 25.7 Å². The van der Waals surface area contributed by atoms with E-state index in [1.54, 1.807) is 7.05 Å². The van der Waals surface area contributed by atoms with Crippen LogP contribution >= 0.6 is 0 Å². The van der Waals surface area contributed by atoms with Gasteiger partial charge in [0, 0.05) is 19.0 Å². The topological polar surface area (TPSA) is 86.9 Å². The number of aromatic nitrogens is 2. The number of hydrogen-bond acceptors (Lipinski definition) is 3.